The minimum Gasteiger partial charge on any atom is -0.261 e. The maximum Gasteiger partial charge on any atom is 0.0566 e. The summed E-state index contributed by atoms with van der Waals surface area (Å²) in [5.41, 5.74) is 1.03. The Morgan fingerprint density at radius 2 is 2.36 bits per heavy atom. The predicted octanol–water partition coefficient (Wildman–Crippen LogP) is 3.27. The summed E-state index contributed by atoms with van der Waals surface area (Å²) in [5.74, 6) is 3.12. The van der Waals surface area contributed by atoms with Gasteiger partial charge in [0.05, 0.1) is 4.58 Å². The van der Waals surface area contributed by atoms with E-state index in [1.54, 1.807) is 18.0 Å². The first kappa shape index (κ1) is 12.3. The molecule has 1 aromatic heterocycles. The Hall–Kier alpha value is 0.200. The van der Waals surface area contributed by atoms with Gasteiger partial charge in [0.15, 0.2) is 0 Å². The molecule has 0 bridgehead atoms. The van der Waals surface area contributed by atoms with Crippen molar-refractivity contribution in [3.63, 3.8) is 0 Å². The molecule has 1 aromatic rings. The summed E-state index contributed by atoms with van der Waals surface area (Å²) in [7, 11) is 0. The van der Waals surface area contributed by atoms with E-state index in [1.807, 2.05) is 24.0 Å². The van der Waals surface area contributed by atoms with Crippen molar-refractivity contribution < 1.29 is 0 Å². The van der Waals surface area contributed by atoms with Crippen molar-refractivity contribution in [1.29, 1.82) is 0 Å². The van der Waals surface area contributed by atoms with Gasteiger partial charge in [-0.3, -0.25) is 4.98 Å². The summed E-state index contributed by atoms with van der Waals surface area (Å²) < 4.78 is 0.229. The topological polar surface area (TPSA) is 12.9 Å². The Kier molecular flexibility index (Phi) is 5.82. The van der Waals surface area contributed by atoms with Gasteiger partial charge in [-0.15, -0.1) is 11.8 Å². The van der Waals surface area contributed by atoms with Crippen molar-refractivity contribution in [3.8, 4) is 0 Å². The van der Waals surface area contributed by atoms with Crippen molar-refractivity contribution >= 4 is 37.0 Å². The van der Waals surface area contributed by atoms with Gasteiger partial charge in [0.2, 0.25) is 0 Å². The van der Waals surface area contributed by atoms with Gasteiger partial charge in [0, 0.05) is 23.6 Å². The molecule has 0 amide bonds. The van der Waals surface area contributed by atoms with Crippen molar-refractivity contribution in [2.24, 2.45) is 0 Å². The zero-order valence-electron chi connectivity index (χ0n) is 8.00. The molecule has 0 aliphatic carbocycles. The van der Waals surface area contributed by atoms with E-state index < -0.39 is 0 Å². The van der Waals surface area contributed by atoms with Gasteiger partial charge in [-0.25, -0.2) is 0 Å². The third-order valence-electron chi connectivity index (χ3n) is 1.83. The summed E-state index contributed by atoms with van der Waals surface area (Å²) in [6.07, 6.45) is 1.80. The smallest absolute Gasteiger partial charge is 0.0566 e. The lowest BCUT2D eigenvalue weighted by atomic mass is 10.1. The zero-order chi connectivity index (χ0) is 10.4. The van der Waals surface area contributed by atoms with Gasteiger partial charge in [0.1, 0.15) is 0 Å². The van der Waals surface area contributed by atoms with Crippen LogP contribution in [0, 0.1) is 5.75 Å². The highest BCUT2D eigenvalue weighted by Gasteiger charge is 2.19. The SMILES string of the molecule is CCSC(S)C([CH]S)c1ccccn1. The number of thioether (sulfide) groups is 1. The first-order chi connectivity index (χ1) is 6.79. The molecule has 0 saturated carbocycles. The van der Waals surface area contributed by atoms with Crippen LogP contribution in [0.25, 0.3) is 0 Å². The summed E-state index contributed by atoms with van der Waals surface area (Å²) in [5, 5.41) is 0. The summed E-state index contributed by atoms with van der Waals surface area (Å²) >= 11 is 10.6. The van der Waals surface area contributed by atoms with Gasteiger partial charge < -0.3 is 0 Å². The fourth-order valence-electron chi connectivity index (χ4n) is 1.14. The van der Waals surface area contributed by atoms with E-state index in [1.165, 1.54) is 0 Å². The van der Waals surface area contributed by atoms with Crippen LogP contribution in [0.1, 0.15) is 18.5 Å². The van der Waals surface area contributed by atoms with Crippen LogP contribution in [0.2, 0.25) is 0 Å². The Balaban J connectivity index is 2.71. The van der Waals surface area contributed by atoms with Crippen LogP contribution in [0.4, 0.5) is 0 Å². The standard InChI is InChI=1S/C10H14NS3/c1-2-14-10(13)8(7-12)9-5-3-4-6-11-9/h3-8,10,12-13H,2H2,1H3. The number of aromatic nitrogens is 1. The molecule has 2 atom stereocenters. The summed E-state index contributed by atoms with van der Waals surface area (Å²) in [6.45, 7) is 2.13. The second-order valence-electron chi connectivity index (χ2n) is 2.78. The highest BCUT2D eigenvalue weighted by Crippen LogP contribution is 2.33. The van der Waals surface area contributed by atoms with E-state index >= 15 is 0 Å². The molecule has 0 saturated heterocycles. The molecule has 0 aliphatic heterocycles. The van der Waals surface area contributed by atoms with E-state index in [0.717, 1.165) is 11.4 Å². The number of pyridine rings is 1. The molecule has 0 aliphatic rings. The molecule has 14 heavy (non-hydrogen) atoms. The van der Waals surface area contributed by atoms with Gasteiger partial charge >= 0.3 is 0 Å². The van der Waals surface area contributed by atoms with Gasteiger partial charge in [-0.1, -0.05) is 13.0 Å². The van der Waals surface area contributed by atoms with E-state index in [2.05, 4.69) is 37.2 Å². The van der Waals surface area contributed by atoms with Crippen molar-refractivity contribution in [2.45, 2.75) is 17.4 Å². The lowest BCUT2D eigenvalue weighted by Crippen LogP contribution is -2.10. The Morgan fingerprint density at radius 3 is 2.86 bits per heavy atom. The molecule has 1 rings (SSSR count). The van der Waals surface area contributed by atoms with E-state index in [9.17, 15) is 0 Å². The van der Waals surface area contributed by atoms with Crippen molar-refractivity contribution in [3.05, 3.63) is 35.8 Å². The predicted molar refractivity (Wildman–Crippen MR) is 71.2 cm³/mol. The number of thiol groups is 2. The molecular weight excluding hydrogens is 230 g/mol. The molecule has 2 unspecified atom stereocenters. The van der Waals surface area contributed by atoms with Crippen molar-refractivity contribution in [2.75, 3.05) is 5.75 Å². The molecule has 0 aromatic carbocycles. The van der Waals surface area contributed by atoms with E-state index in [0.29, 0.717) is 0 Å². The molecule has 0 N–H and O–H groups in total. The van der Waals surface area contributed by atoms with Crippen LogP contribution in [-0.2, 0) is 0 Å². The number of rotatable bonds is 5. The van der Waals surface area contributed by atoms with Crippen LogP contribution in [-0.4, -0.2) is 15.3 Å². The first-order valence-electron chi connectivity index (χ1n) is 4.47. The molecule has 1 radical (unpaired) electrons. The molecule has 4 heteroatoms. The summed E-state index contributed by atoms with van der Waals surface area (Å²) in [6, 6.07) is 5.92. The lowest BCUT2D eigenvalue weighted by molar-refractivity contribution is 0.876. The third kappa shape index (κ3) is 3.41. The normalized spacial score (nSPS) is 15.1. The van der Waals surface area contributed by atoms with E-state index in [4.69, 9.17) is 0 Å². The molecule has 0 spiro atoms. The maximum atomic E-state index is 4.54. The van der Waals surface area contributed by atoms with Crippen LogP contribution in [0.3, 0.4) is 0 Å². The third-order valence-corrected chi connectivity index (χ3v) is 3.89. The van der Waals surface area contributed by atoms with Gasteiger partial charge in [-0.05, 0) is 17.9 Å². The fourth-order valence-corrected chi connectivity index (χ4v) is 3.17. The average Bonchev–Trinajstić information content (AvgIpc) is 2.21. The number of nitrogens with zero attached hydrogens (tertiary/aromatic N) is 1. The van der Waals surface area contributed by atoms with Crippen molar-refractivity contribution in [1.82, 2.24) is 4.98 Å². The zero-order valence-corrected chi connectivity index (χ0v) is 10.6. The molecule has 1 heterocycles. The quantitative estimate of drug-likeness (QED) is 0.609. The maximum absolute atomic E-state index is 4.54. The van der Waals surface area contributed by atoms with Crippen LogP contribution < -0.4 is 0 Å². The second kappa shape index (κ2) is 6.64. The van der Waals surface area contributed by atoms with Gasteiger partial charge in [-0.2, -0.15) is 25.3 Å². The monoisotopic (exact) mass is 244 g/mol. The molecule has 77 valence electrons. The highest BCUT2D eigenvalue weighted by atomic mass is 32.2. The fraction of sp³-hybridized carbons (Fsp3) is 0.400. The first-order valence-corrected chi connectivity index (χ1v) is 6.56. The average molecular weight is 244 g/mol. The molecular formula is C10H14NS3. The van der Waals surface area contributed by atoms with Crippen LogP contribution in [0.15, 0.2) is 24.4 Å². The summed E-state index contributed by atoms with van der Waals surface area (Å²) in [4.78, 5) is 4.31. The Bertz CT molecular complexity index is 253. The van der Waals surface area contributed by atoms with Crippen LogP contribution in [0.5, 0.6) is 0 Å². The van der Waals surface area contributed by atoms with Gasteiger partial charge in [0.25, 0.3) is 0 Å². The lowest BCUT2D eigenvalue weighted by Gasteiger charge is -2.19. The highest BCUT2D eigenvalue weighted by molar-refractivity contribution is 8.10. The minimum absolute atomic E-state index is 0.202. The van der Waals surface area contributed by atoms with E-state index in [-0.39, 0.29) is 10.5 Å². The Morgan fingerprint density at radius 1 is 1.57 bits per heavy atom. The number of hydrogen-bond acceptors (Lipinski definition) is 4. The molecule has 0 fully saturated rings. The molecule has 1 nitrogen and oxygen atoms in total. The largest absolute Gasteiger partial charge is 0.261 e. The van der Waals surface area contributed by atoms with Crippen LogP contribution >= 0.6 is 37.0 Å². The second-order valence-corrected chi connectivity index (χ2v) is 5.40. The minimum atomic E-state index is 0.202. The number of hydrogen-bond donors (Lipinski definition) is 2. The Labute approximate surface area is 101 Å².